The molecule has 1 heterocycles. The minimum absolute atomic E-state index is 0.0124. The molecular weight excluding hydrogens is 540 g/mol. The zero-order valence-corrected chi connectivity index (χ0v) is 23.0. The summed E-state index contributed by atoms with van der Waals surface area (Å²) >= 11 is 8.21. The number of carboxylic acid groups (broad SMARTS) is 1. The number of aliphatic carboxylic acids is 1. The van der Waals surface area contributed by atoms with Gasteiger partial charge in [0, 0.05) is 29.4 Å². The van der Waals surface area contributed by atoms with Crippen LogP contribution in [0.25, 0.3) is 10.4 Å². The minimum Gasteiger partial charge on any atom is -0.480 e. The second-order valence-corrected chi connectivity index (χ2v) is 13.2. The molecule has 1 aromatic heterocycles. The van der Waals surface area contributed by atoms with Crippen molar-refractivity contribution < 1.29 is 23.1 Å². The van der Waals surface area contributed by atoms with E-state index in [1.807, 2.05) is 0 Å². The average molecular weight is 565 g/mol. The van der Waals surface area contributed by atoms with Gasteiger partial charge in [0.15, 0.2) is 0 Å². The minimum atomic E-state index is -4.24. The lowest BCUT2D eigenvalue weighted by atomic mass is 9.86. The van der Waals surface area contributed by atoms with Crippen LogP contribution < -0.4 is 4.72 Å². The molecule has 2 aromatic carbocycles. The quantitative estimate of drug-likeness (QED) is 0.401. The third-order valence-electron chi connectivity index (χ3n) is 6.47. The smallest absolute Gasteiger partial charge is 0.325 e. The number of nitrogens with zero attached hydrogens (tertiary/aromatic N) is 1. The number of thioether (sulfide) groups is 1. The monoisotopic (exact) mass is 564 g/mol. The Hall–Kier alpha value is -2.37. The first kappa shape index (κ1) is 26.7. The van der Waals surface area contributed by atoms with Gasteiger partial charge in [-0.3, -0.25) is 9.59 Å². The zero-order valence-electron chi connectivity index (χ0n) is 19.8. The van der Waals surface area contributed by atoms with E-state index in [2.05, 4.69) is 4.72 Å². The molecule has 0 saturated heterocycles. The van der Waals surface area contributed by atoms with Gasteiger partial charge in [0.25, 0.3) is 10.0 Å². The molecule has 1 amide bonds. The number of halogens is 1. The Kier molecular flexibility index (Phi) is 7.29. The van der Waals surface area contributed by atoms with Gasteiger partial charge in [0.1, 0.15) is 9.75 Å². The zero-order chi connectivity index (χ0) is 26.3. The molecule has 190 valence electrons. The lowest BCUT2D eigenvalue weighted by molar-refractivity contribution is -0.141. The molecule has 1 saturated carbocycles. The molecule has 0 aliphatic heterocycles. The molecule has 2 N–H and O–H groups in total. The summed E-state index contributed by atoms with van der Waals surface area (Å²) in [5, 5.41) is 10.2. The highest BCUT2D eigenvalue weighted by molar-refractivity contribution is 8.00. The van der Waals surface area contributed by atoms with E-state index in [0.29, 0.717) is 15.5 Å². The van der Waals surface area contributed by atoms with E-state index in [0.717, 1.165) is 16.9 Å². The van der Waals surface area contributed by atoms with Crippen LogP contribution in [0, 0.1) is 0 Å². The van der Waals surface area contributed by atoms with Gasteiger partial charge in [-0.25, -0.2) is 8.42 Å². The van der Waals surface area contributed by atoms with Gasteiger partial charge in [-0.2, -0.15) is 16.5 Å². The van der Waals surface area contributed by atoms with Crippen LogP contribution in [0.4, 0.5) is 0 Å². The first-order valence-electron chi connectivity index (χ1n) is 10.9. The molecule has 3 aromatic rings. The number of amides is 1. The van der Waals surface area contributed by atoms with Crippen molar-refractivity contribution in [1.29, 1.82) is 0 Å². The Balaban J connectivity index is 1.77. The van der Waals surface area contributed by atoms with E-state index in [4.69, 9.17) is 11.6 Å². The molecule has 0 spiro atoms. The molecule has 1 fully saturated rings. The number of sulfonamides is 1. The Morgan fingerprint density at radius 2 is 1.72 bits per heavy atom. The van der Waals surface area contributed by atoms with Gasteiger partial charge in [0.2, 0.25) is 5.91 Å². The number of rotatable bonds is 9. The van der Waals surface area contributed by atoms with Gasteiger partial charge in [-0.1, -0.05) is 54.1 Å². The third kappa shape index (κ3) is 4.45. The van der Waals surface area contributed by atoms with E-state index in [-0.39, 0.29) is 16.5 Å². The highest BCUT2D eigenvalue weighted by Gasteiger charge is 2.78. The maximum atomic E-state index is 13.5. The summed E-state index contributed by atoms with van der Waals surface area (Å²) in [6.07, 6.45) is 1.67. The standard InChI is InChI=1S/C25H25ClN2O5S3/c1-28(2)22(29)21(34-3)24(17-7-5-4-6-8-17)15-25(24,23(30)31)27-36(32,33)20-14-13-19(35-20)16-9-11-18(26)12-10-16/h4-14,21,27H,15H2,1-3H3,(H,30,31)/t21?,24-,25-/m0/s1. The molecule has 0 radical (unpaired) electrons. The molecule has 7 nitrogen and oxygen atoms in total. The number of hydrogen-bond acceptors (Lipinski definition) is 6. The predicted octanol–water partition coefficient (Wildman–Crippen LogP) is 4.33. The number of carbonyl (C=O) groups excluding carboxylic acids is 1. The van der Waals surface area contributed by atoms with Crippen LogP contribution in [0.5, 0.6) is 0 Å². The molecule has 1 aliphatic rings. The lowest BCUT2D eigenvalue weighted by Crippen LogP contribution is -2.54. The number of carboxylic acids is 1. The van der Waals surface area contributed by atoms with E-state index in [1.54, 1.807) is 81.0 Å². The molecule has 3 atom stereocenters. The van der Waals surface area contributed by atoms with Crippen molar-refractivity contribution in [3.63, 3.8) is 0 Å². The summed E-state index contributed by atoms with van der Waals surface area (Å²) in [5.74, 6) is -1.61. The Bertz CT molecular complexity index is 1390. The second-order valence-electron chi connectivity index (χ2n) is 8.80. The summed E-state index contributed by atoms with van der Waals surface area (Å²) in [6.45, 7) is 0. The Labute approximate surface area is 223 Å². The van der Waals surface area contributed by atoms with Crippen LogP contribution in [-0.2, 0) is 25.0 Å². The molecule has 4 rings (SSSR count). The van der Waals surface area contributed by atoms with Crippen molar-refractivity contribution in [2.24, 2.45) is 0 Å². The van der Waals surface area contributed by atoms with Crippen LogP contribution in [0.3, 0.4) is 0 Å². The maximum Gasteiger partial charge on any atom is 0.325 e. The summed E-state index contributed by atoms with van der Waals surface area (Å²) in [6, 6.07) is 18.9. The van der Waals surface area contributed by atoms with Crippen molar-refractivity contribution in [1.82, 2.24) is 9.62 Å². The fraction of sp³-hybridized carbons (Fsp3) is 0.280. The molecule has 1 aliphatic carbocycles. The normalized spacial score (nSPS) is 22.1. The van der Waals surface area contributed by atoms with Crippen molar-refractivity contribution in [3.8, 4) is 10.4 Å². The Morgan fingerprint density at radius 1 is 1.08 bits per heavy atom. The van der Waals surface area contributed by atoms with E-state index >= 15 is 0 Å². The van der Waals surface area contributed by atoms with Crippen LogP contribution in [0.2, 0.25) is 5.02 Å². The van der Waals surface area contributed by atoms with Crippen molar-refractivity contribution in [2.75, 3.05) is 20.4 Å². The van der Waals surface area contributed by atoms with E-state index in [1.165, 1.54) is 22.7 Å². The Morgan fingerprint density at radius 3 is 2.28 bits per heavy atom. The molecular formula is C25H25ClN2O5S3. The van der Waals surface area contributed by atoms with E-state index < -0.39 is 32.2 Å². The van der Waals surface area contributed by atoms with Gasteiger partial charge >= 0.3 is 5.97 Å². The molecule has 11 heteroatoms. The number of hydrogen-bond donors (Lipinski definition) is 2. The van der Waals surface area contributed by atoms with Crippen molar-refractivity contribution >= 4 is 56.6 Å². The lowest BCUT2D eigenvalue weighted by Gasteiger charge is -2.31. The largest absolute Gasteiger partial charge is 0.480 e. The van der Waals surface area contributed by atoms with Crippen LogP contribution in [0.15, 0.2) is 70.9 Å². The van der Waals surface area contributed by atoms with Gasteiger partial charge < -0.3 is 10.0 Å². The van der Waals surface area contributed by atoms with Crippen LogP contribution in [-0.4, -0.2) is 61.4 Å². The highest BCUT2D eigenvalue weighted by Crippen LogP contribution is 2.63. The summed E-state index contributed by atoms with van der Waals surface area (Å²) in [7, 11) is -1.03. The average Bonchev–Trinajstić information content (AvgIpc) is 3.23. The van der Waals surface area contributed by atoms with Gasteiger partial charge in [-0.15, -0.1) is 11.3 Å². The second kappa shape index (κ2) is 9.83. The summed E-state index contributed by atoms with van der Waals surface area (Å²) < 4.78 is 29.6. The highest BCUT2D eigenvalue weighted by atomic mass is 35.5. The third-order valence-corrected chi connectivity index (χ3v) is 10.9. The number of nitrogens with one attached hydrogen (secondary N) is 1. The first-order valence-corrected chi connectivity index (χ1v) is 14.9. The topological polar surface area (TPSA) is 104 Å². The fourth-order valence-corrected chi connectivity index (χ4v) is 8.71. The number of carbonyl (C=O) groups is 2. The molecule has 1 unspecified atom stereocenters. The van der Waals surface area contributed by atoms with E-state index in [9.17, 15) is 23.1 Å². The molecule has 0 bridgehead atoms. The SMILES string of the molecule is CSC(C(=O)N(C)C)[C@@]1(c2ccccc2)C[C@]1(NS(=O)(=O)c1ccc(-c2ccc(Cl)cc2)s1)C(=O)O. The summed E-state index contributed by atoms with van der Waals surface area (Å²) in [5.41, 5.74) is -1.78. The van der Waals surface area contributed by atoms with Crippen LogP contribution >= 0.6 is 34.7 Å². The van der Waals surface area contributed by atoms with Crippen LogP contribution in [0.1, 0.15) is 12.0 Å². The number of benzene rings is 2. The summed E-state index contributed by atoms with van der Waals surface area (Å²) in [4.78, 5) is 28.1. The number of thiophene rings is 1. The van der Waals surface area contributed by atoms with Crippen molar-refractivity contribution in [2.45, 2.75) is 26.8 Å². The van der Waals surface area contributed by atoms with Gasteiger partial charge in [0.05, 0.1) is 5.25 Å². The predicted molar refractivity (Wildman–Crippen MR) is 144 cm³/mol. The maximum absolute atomic E-state index is 13.5. The van der Waals surface area contributed by atoms with Crippen molar-refractivity contribution in [3.05, 3.63) is 77.3 Å². The van der Waals surface area contributed by atoms with Gasteiger partial charge in [-0.05, 0) is 48.1 Å². The fourth-order valence-electron chi connectivity index (χ4n) is 4.62. The first-order chi connectivity index (χ1) is 17.0. The molecule has 36 heavy (non-hydrogen) atoms.